The van der Waals surface area contributed by atoms with Crippen LogP contribution in [0.2, 0.25) is 0 Å². The van der Waals surface area contributed by atoms with E-state index in [0.29, 0.717) is 22.8 Å². The second-order valence-corrected chi connectivity index (χ2v) is 3.25. The van der Waals surface area contributed by atoms with Crippen LogP contribution in [-0.2, 0) is 4.79 Å². The van der Waals surface area contributed by atoms with Crippen molar-refractivity contribution >= 4 is 38.7 Å². The lowest BCUT2D eigenvalue weighted by Crippen LogP contribution is -2.18. The molecule has 0 heterocycles. The molecule has 14 heavy (non-hydrogen) atoms. The predicted octanol–water partition coefficient (Wildman–Crippen LogP) is -2.32. The van der Waals surface area contributed by atoms with Crippen molar-refractivity contribution in [2.24, 2.45) is 0 Å². The van der Waals surface area contributed by atoms with Gasteiger partial charge >= 0.3 is 0 Å². The van der Waals surface area contributed by atoms with E-state index in [1.807, 2.05) is 0 Å². The van der Waals surface area contributed by atoms with Crippen LogP contribution in [0, 0.1) is 0 Å². The van der Waals surface area contributed by atoms with Gasteiger partial charge in [0.1, 0.15) is 27.7 Å². The fourth-order valence-electron chi connectivity index (χ4n) is 1.31. The highest BCUT2D eigenvalue weighted by Gasteiger charge is 2.08. The summed E-state index contributed by atoms with van der Waals surface area (Å²) < 4.78 is 0. The van der Waals surface area contributed by atoms with E-state index in [-0.39, 0.29) is 18.0 Å². The maximum Gasteiger partial charge on any atom is 0.169 e. The molecular formula is C9H10B2O3. The number of ketones is 1. The maximum atomic E-state index is 11.3. The number of aromatic hydroxyl groups is 1. The molecule has 1 N–H and O–H groups in total. The molecule has 0 aliphatic rings. The van der Waals surface area contributed by atoms with E-state index >= 15 is 0 Å². The highest BCUT2D eigenvalue weighted by molar-refractivity contribution is 6.41. The Hall–Kier alpha value is -1.51. The highest BCUT2D eigenvalue weighted by atomic mass is 16.3. The van der Waals surface area contributed by atoms with Gasteiger partial charge in [-0.05, 0) is 10.9 Å². The van der Waals surface area contributed by atoms with Gasteiger partial charge in [-0.25, -0.2) is 0 Å². The normalized spacial score (nSPS) is 9.71. The van der Waals surface area contributed by atoms with Crippen LogP contribution in [0.3, 0.4) is 0 Å². The molecule has 70 valence electrons. The zero-order valence-electron chi connectivity index (χ0n) is 8.20. The number of rotatable bonds is 3. The lowest BCUT2D eigenvalue weighted by atomic mass is 9.83. The van der Waals surface area contributed by atoms with Crippen LogP contribution in [0.4, 0.5) is 0 Å². The van der Waals surface area contributed by atoms with Crippen molar-refractivity contribution in [3.05, 3.63) is 17.7 Å². The van der Waals surface area contributed by atoms with Gasteiger partial charge in [0.15, 0.2) is 5.78 Å². The van der Waals surface area contributed by atoms with Crippen molar-refractivity contribution in [1.82, 2.24) is 0 Å². The molecule has 1 rings (SSSR count). The molecule has 0 fully saturated rings. The fraction of sp³-hybridized carbons (Fsp3) is 0.111. The number of carbonyl (C=O) groups is 2. The molecule has 5 heteroatoms. The summed E-state index contributed by atoms with van der Waals surface area (Å²) in [5.74, 6) is -0.0150. The quantitative estimate of drug-likeness (QED) is 0.250. The Morgan fingerprint density at radius 2 is 1.86 bits per heavy atom. The van der Waals surface area contributed by atoms with Gasteiger partial charge in [0.05, 0.1) is 6.42 Å². The standard InChI is InChI=1S/C9H10B2O3/c10-6-3-5(8(13)1-2-12)4-7(11)9(6)14/h2-4,14H,1,10-11H2. The first kappa shape index (κ1) is 10.6. The first-order valence-corrected chi connectivity index (χ1v) is 4.33. The van der Waals surface area contributed by atoms with Crippen molar-refractivity contribution in [2.45, 2.75) is 6.42 Å². The van der Waals surface area contributed by atoms with Crippen LogP contribution in [0.25, 0.3) is 0 Å². The summed E-state index contributed by atoms with van der Waals surface area (Å²) in [4.78, 5) is 21.5. The second-order valence-electron chi connectivity index (χ2n) is 3.25. The average molecular weight is 188 g/mol. The summed E-state index contributed by atoms with van der Waals surface area (Å²) in [7, 11) is 3.44. The minimum Gasteiger partial charge on any atom is -0.509 e. The SMILES string of the molecule is Bc1cc(C(=O)CC=O)cc(B)c1O. The summed E-state index contributed by atoms with van der Waals surface area (Å²) in [6.07, 6.45) is 0.476. The monoisotopic (exact) mass is 188 g/mol. The van der Waals surface area contributed by atoms with Crippen LogP contribution in [0.5, 0.6) is 5.75 Å². The summed E-state index contributed by atoms with van der Waals surface area (Å²) in [5.41, 5.74) is 1.78. The first-order chi connectivity index (χ1) is 6.56. The van der Waals surface area contributed by atoms with Crippen molar-refractivity contribution in [2.75, 3.05) is 0 Å². The van der Waals surface area contributed by atoms with Gasteiger partial charge in [-0.15, -0.1) is 0 Å². The van der Waals surface area contributed by atoms with Gasteiger partial charge in [0, 0.05) is 5.56 Å². The summed E-state index contributed by atoms with van der Waals surface area (Å²) in [6, 6.07) is 3.18. The number of phenolic OH excluding ortho intramolecular Hbond substituents is 1. The van der Waals surface area contributed by atoms with Gasteiger partial charge in [0.25, 0.3) is 0 Å². The smallest absolute Gasteiger partial charge is 0.169 e. The van der Waals surface area contributed by atoms with E-state index in [1.54, 1.807) is 27.8 Å². The number of aldehydes is 1. The Balaban J connectivity index is 3.12. The van der Waals surface area contributed by atoms with E-state index in [9.17, 15) is 14.7 Å². The minimum atomic E-state index is -0.216. The molecule has 0 radical (unpaired) electrons. The Morgan fingerprint density at radius 3 is 2.29 bits per heavy atom. The highest BCUT2D eigenvalue weighted by Crippen LogP contribution is 2.04. The average Bonchev–Trinajstić information content (AvgIpc) is 2.13. The van der Waals surface area contributed by atoms with Crippen molar-refractivity contribution in [3.63, 3.8) is 0 Å². The number of benzene rings is 1. The first-order valence-electron chi connectivity index (χ1n) is 4.33. The van der Waals surface area contributed by atoms with E-state index in [4.69, 9.17) is 0 Å². The molecule has 0 aliphatic heterocycles. The fourth-order valence-corrected chi connectivity index (χ4v) is 1.31. The zero-order chi connectivity index (χ0) is 10.7. The van der Waals surface area contributed by atoms with Gasteiger partial charge < -0.3 is 9.90 Å². The topological polar surface area (TPSA) is 54.4 Å². The van der Waals surface area contributed by atoms with Crippen LogP contribution >= 0.6 is 0 Å². The molecular weight excluding hydrogens is 178 g/mol. The molecule has 0 unspecified atom stereocenters. The predicted molar refractivity (Wildman–Crippen MR) is 59.5 cm³/mol. The lowest BCUT2D eigenvalue weighted by molar-refractivity contribution is -0.107. The third kappa shape index (κ3) is 2.05. The molecule has 0 amide bonds. The van der Waals surface area contributed by atoms with Crippen LogP contribution < -0.4 is 10.9 Å². The van der Waals surface area contributed by atoms with E-state index in [1.165, 1.54) is 0 Å². The number of Topliss-reactive ketones (excluding diaryl/α,β-unsaturated/α-hetero) is 1. The van der Waals surface area contributed by atoms with Gasteiger partial charge in [0.2, 0.25) is 0 Å². The number of hydrogen-bond acceptors (Lipinski definition) is 3. The summed E-state index contributed by atoms with van der Waals surface area (Å²) in [5, 5.41) is 9.46. The molecule has 0 spiro atoms. The molecule has 0 aliphatic carbocycles. The number of phenols is 1. The van der Waals surface area contributed by atoms with Gasteiger partial charge in [-0.3, -0.25) is 4.79 Å². The molecule has 0 saturated carbocycles. The maximum absolute atomic E-state index is 11.3. The molecule has 0 bridgehead atoms. The minimum absolute atomic E-state index is 0.107. The molecule has 0 saturated heterocycles. The third-order valence-corrected chi connectivity index (χ3v) is 2.08. The largest absolute Gasteiger partial charge is 0.509 e. The molecule has 0 aromatic heterocycles. The van der Waals surface area contributed by atoms with E-state index in [2.05, 4.69) is 0 Å². The van der Waals surface area contributed by atoms with Crippen LogP contribution in [0.15, 0.2) is 12.1 Å². The third-order valence-electron chi connectivity index (χ3n) is 2.08. The Morgan fingerprint density at radius 1 is 1.36 bits per heavy atom. The molecule has 1 aromatic rings. The number of carbonyl (C=O) groups excluding carboxylic acids is 2. The summed E-state index contributed by atoms with van der Waals surface area (Å²) >= 11 is 0. The van der Waals surface area contributed by atoms with Crippen molar-refractivity contribution < 1.29 is 14.7 Å². The second kappa shape index (κ2) is 4.13. The van der Waals surface area contributed by atoms with E-state index in [0.717, 1.165) is 0 Å². The Bertz CT molecular complexity index is 365. The van der Waals surface area contributed by atoms with Gasteiger partial charge in [-0.2, -0.15) is 0 Å². The molecule has 3 nitrogen and oxygen atoms in total. The van der Waals surface area contributed by atoms with Crippen molar-refractivity contribution in [1.29, 1.82) is 0 Å². The molecule has 0 atom stereocenters. The Labute approximate surface area is 83.9 Å². The summed E-state index contributed by atoms with van der Waals surface area (Å²) in [6.45, 7) is 0. The van der Waals surface area contributed by atoms with Crippen LogP contribution in [-0.4, -0.2) is 32.9 Å². The van der Waals surface area contributed by atoms with E-state index < -0.39 is 0 Å². The lowest BCUT2D eigenvalue weighted by Gasteiger charge is -2.06. The molecule has 1 aromatic carbocycles. The number of hydrogen-bond donors (Lipinski definition) is 1. The van der Waals surface area contributed by atoms with Crippen LogP contribution in [0.1, 0.15) is 16.8 Å². The van der Waals surface area contributed by atoms with Gasteiger partial charge in [-0.1, -0.05) is 12.1 Å². The Kier molecular flexibility index (Phi) is 3.12. The zero-order valence-corrected chi connectivity index (χ0v) is 8.20. The van der Waals surface area contributed by atoms with Crippen molar-refractivity contribution in [3.8, 4) is 5.75 Å².